The predicted molar refractivity (Wildman–Crippen MR) is 199 cm³/mol. The van der Waals surface area contributed by atoms with Gasteiger partial charge < -0.3 is 25.7 Å². The normalized spacial score (nSPS) is 20.6. The van der Waals surface area contributed by atoms with Crippen molar-refractivity contribution in [3.8, 4) is 0 Å². The maximum Gasteiger partial charge on any atom is 0.280 e. The van der Waals surface area contributed by atoms with E-state index < -0.39 is 52.4 Å². The summed E-state index contributed by atoms with van der Waals surface area (Å²) in [6.45, 7) is 9.61. The van der Waals surface area contributed by atoms with Crippen molar-refractivity contribution in [2.45, 2.75) is 116 Å². The van der Waals surface area contributed by atoms with Crippen LogP contribution in [0.3, 0.4) is 0 Å². The first kappa shape index (κ1) is 40.2. The third kappa shape index (κ3) is 11.4. The van der Waals surface area contributed by atoms with Gasteiger partial charge in [0.25, 0.3) is 10.2 Å². The summed E-state index contributed by atoms with van der Waals surface area (Å²) in [5, 5.41) is 30.4. The molecule has 2 fully saturated rings. The Morgan fingerprint density at radius 3 is 2.20 bits per heavy atom. The minimum atomic E-state index is -3.95. The van der Waals surface area contributed by atoms with Crippen molar-refractivity contribution in [1.29, 1.82) is 0 Å². The van der Waals surface area contributed by atoms with Gasteiger partial charge in [0.05, 0.1) is 12.1 Å². The number of hydrogen-bond donors (Lipinski definition) is 5. The van der Waals surface area contributed by atoms with Crippen LogP contribution >= 0.6 is 0 Å². The van der Waals surface area contributed by atoms with E-state index in [2.05, 4.69) is 20.3 Å². The smallest absolute Gasteiger partial charge is 0.280 e. The molecule has 5 N–H and O–H groups in total. The van der Waals surface area contributed by atoms with Gasteiger partial charge in [-0.3, -0.25) is 9.59 Å². The second-order valence-corrected chi connectivity index (χ2v) is 16.9. The molecular formula is C38H61N5O6S. The fraction of sp³-hybridized carbons (Fsp3) is 0.684. The van der Waals surface area contributed by atoms with Gasteiger partial charge in [-0.2, -0.15) is 17.4 Å². The van der Waals surface area contributed by atoms with Gasteiger partial charge in [0.15, 0.2) is 0 Å². The van der Waals surface area contributed by atoms with Crippen LogP contribution in [0.2, 0.25) is 0 Å². The van der Waals surface area contributed by atoms with E-state index in [9.17, 15) is 28.2 Å². The number of nitrogens with zero attached hydrogens (tertiary/aromatic N) is 2. The van der Waals surface area contributed by atoms with Gasteiger partial charge >= 0.3 is 0 Å². The number of piperazine rings is 1. The molecule has 2 aromatic carbocycles. The summed E-state index contributed by atoms with van der Waals surface area (Å²) in [5.74, 6) is -0.968. The summed E-state index contributed by atoms with van der Waals surface area (Å²) in [6.07, 6.45) is 4.33. The summed E-state index contributed by atoms with van der Waals surface area (Å²) in [4.78, 5) is 30.3. The van der Waals surface area contributed by atoms with Crippen LogP contribution in [0.15, 0.2) is 42.5 Å². The summed E-state index contributed by atoms with van der Waals surface area (Å²) in [7, 11) is -2.00. The molecule has 12 heteroatoms. The number of aliphatic hydroxyl groups excluding tert-OH is 2. The van der Waals surface area contributed by atoms with Crippen LogP contribution in [0.4, 0.5) is 0 Å². The summed E-state index contributed by atoms with van der Waals surface area (Å²) in [5.41, 5.74) is 0.889. The van der Waals surface area contributed by atoms with Crippen LogP contribution in [0.1, 0.15) is 84.6 Å². The van der Waals surface area contributed by atoms with Gasteiger partial charge in [0.1, 0.15) is 18.2 Å². The summed E-state index contributed by atoms with van der Waals surface area (Å²) in [6, 6.07) is 11.1. The number of likely N-dealkylation sites (N-methyl/N-ethyl adjacent to an activating group) is 1. The number of hydrogen-bond acceptors (Lipinski definition) is 7. The molecule has 0 radical (unpaired) electrons. The Morgan fingerprint density at radius 2 is 1.56 bits per heavy atom. The average Bonchev–Trinajstić information content (AvgIpc) is 3.09. The molecular weight excluding hydrogens is 655 g/mol. The number of benzene rings is 2. The largest absolute Gasteiger partial charge is 0.390 e. The van der Waals surface area contributed by atoms with Crippen LogP contribution in [0, 0.1) is 17.8 Å². The first-order valence-corrected chi connectivity index (χ1v) is 20.1. The predicted octanol–water partition coefficient (Wildman–Crippen LogP) is 3.59. The Kier molecular flexibility index (Phi) is 15.1. The molecule has 0 bridgehead atoms. The van der Waals surface area contributed by atoms with Crippen molar-refractivity contribution in [3.05, 3.63) is 48.0 Å². The van der Waals surface area contributed by atoms with Gasteiger partial charge in [-0.05, 0) is 60.4 Å². The fourth-order valence-electron chi connectivity index (χ4n) is 7.24. The van der Waals surface area contributed by atoms with E-state index in [1.54, 1.807) is 0 Å². The molecule has 1 aliphatic heterocycles. The highest BCUT2D eigenvalue weighted by Gasteiger charge is 2.37. The zero-order valence-corrected chi connectivity index (χ0v) is 31.5. The third-order valence-electron chi connectivity index (χ3n) is 10.6. The lowest BCUT2D eigenvalue weighted by atomic mass is 9.84. The van der Waals surface area contributed by atoms with Crippen molar-refractivity contribution in [2.75, 3.05) is 33.2 Å². The summed E-state index contributed by atoms with van der Waals surface area (Å²) < 4.78 is 31.2. The molecule has 1 unspecified atom stereocenters. The lowest BCUT2D eigenvalue weighted by Gasteiger charge is -2.34. The molecule has 1 heterocycles. The molecule has 0 aromatic heterocycles. The van der Waals surface area contributed by atoms with Crippen molar-refractivity contribution < 1.29 is 28.2 Å². The van der Waals surface area contributed by atoms with E-state index in [1.165, 1.54) is 4.31 Å². The lowest BCUT2D eigenvalue weighted by Crippen LogP contribution is -2.60. The maximum absolute atomic E-state index is 14.1. The van der Waals surface area contributed by atoms with Gasteiger partial charge in [0, 0.05) is 26.2 Å². The lowest BCUT2D eigenvalue weighted by molar-refractivity contribution is -0.132. The fourth-order valence-corrected chi connectivity index (χ4v) is 8.60. The average molecular weight is 716 g/mol. The molecule has 1 saturated heterocycles. The van der Waals surface area contributed by atoms with E-state index in [0.29, 0.717) is 45.4 Å². The van der Waals surface area contributed by atoms with Gasteiger partial charge in [-0.1, -0.05) is 109 Å². The van der Waals surface area contributed by atoms with Crippen molar-refractivity contribution >= 4 is 32.8 Å². The standard InChI is InChI=1S/C38H61N5O6S/c1-6-27(4)35(40-37(46)33(24-28-12-8-7-9-13-28)41-50(48,49)43-20-18-42(5)19-21-43)38(47)39-32(36(45)34(44)22-26(2)3)25-29-16-17-30-14-10-11-15-31(30)23-29/h10-11,14-17,23,26-28,32-36,41,44-45H,6-9,12-13,18-22,24-25H2,1-5H3,(H,39,47)(H,40,46)/t27?,32-,33-,34-,35-,36+/m0/s1. The highest BCUT2D eigenvalue weighted by atomic mass is 32.2. The topological polar surface area (TPSA) is 151 Å². The van der Waals surface area contributed by atoms with Crippen LogP contribution in [-0.2, 0) is 26.2 Å². The number of aliphatic hydroxyl groups is 2. The Morgan fingerprint density at radius 1 is 0.900 bits per heavy atom. The van der Waals surface area contributed by atoms with Crippen molar-refractivity contribution in [2.24, 2.45) is 17.8 Å². The van der Waals surface area contributed by atoms with E-state index >= 15 is 0 Å². The molecule has 2 amide bonds. The van der Waals surface area contributed by atoms with Crippen LogP contribution in [-0.4, -0.2) is 103 Å². The third-order valence-corrected chi connectivity index (χ3v) is 12.2. The zero-order chi connectivity index (χ0) is 36.4. The summed E-state index contributed by atoms with van der Waals surface area (Å²) >= 11 is 0. The Bertz CT molecular complexity index is 1490. The maximum atomic E-state index is 14.1. The van der Waals surface area contributed by atoms with E-state index in [4.69, 9.17) is 0 Å². The van der Waals surface area contributed by atoms with Gasteiger partial charge in [-0.15, -0.1) is 0 Å². The Hall–Kier alpha value is -2.61. The van der Waals surface area contributed by atoms with E-state index in [-0.39, 0.29) is 24.2 Å². The first-order valence-electron chi connectivity index (χ1n) is 18.7. The molecule has 280 valence electrons. The number of fused-ring (bicyclic) bond motifs is 1. The SMILES string of the molecule is CCC(C)[C@H](NC(=O)[C@H](CC1CCCCC1)NS(=O)(=O)N1CCN(C)CC1)C(=O)N[C@@H](Cc1ccc2ccccc2c1)[C@@H](O)[C@@H](O)CC(C)C. The molecule has 6 atom stereocenters. The van der Waals surface area contributed by atoms with Gasteiger partial charge in [0.2, 0.25) is 11.8 Å². The number of carbonyl (C=O) groups is 2. The number of rotatable bonds is 17. The quantitative estimate of drug-likeness (QED) is 0.168. The molecule has 1 aliphatic carbocycles. The highest BCUT2D eigenvalue weighted by molar-refractivity contribution is 7.87. The molecule has 2 aromatic rings. The number of carbonyl (C=O) groups excluding carboxylic acids is 2. The molecule has 4 rings (SSSR count). The molecule has 11 nitrogen and oxygen atoms in total. The highest BCUT2D eigenvalue weighted by Crippen LogP contribution is 2.28. The minimum absolute atomic E-state index is 0.125. The minimum Gasteiger partial charge on any atom is -0.390 e. The van der Waals surface area contributed by atoms with E-state index in [1.807, 2.05) is 77.2 Å². The Labute approximate surface area is 299 Å². The second kappa shape index (κ2) is 18.8. The number of amides is 2. The molecule has 50 heavy (non-hydrogen) atoms. The van der Waals surface area contributed by atoms with Crippen LogP contribution in [0.25, 0.3) is 10.8 Å². The van der Waals surface area contributed by atoms with Crippen LogP contribution in [0.5, 0.6) is 0 Å². The first-order chi connectivity index (χ1) is 23.8. The zero-order valence-electron chi connectivity index (χ0n) is 30.7. The molecule has 0 spiro atoms. The van der Waals surface area contributed by atoms with Crippen molar-refractivity contribution in [3.63, 3.8) is 0 Å². The monoisotopic (exact) mass is 715 g/mol. The van der Waals surface area contributed by atoms with E-state index in [0.717, 1.165) is 48.4 Å². The molecule has 1 saturated carbocycles. The van der Waals surface area contributed by atoms with Crippen LogP contribution < -0.4 is 15.4 Å². The molecule has 2 aliphatic rings. The van der Waals surface area contributed by atoms with Crippen molar-refractivity contribution in [1.82, 2.24) is 24.6 Å². The Balaban J connectivity index is 1.56. The van der Waals surface area contributed by atoms with Gasteiger partial charge in [-0.25, -0.2) is 0 Å². The second-order valence-electron chi connectivity index (χ2n) is 15.2. The number of nitrogens with one attached hydrogen (secondary N) is 3.